The van der Waals surface area contributed by atoms with Crippen molar-refractivity contribution < 1.29 is 4.79 Å². The third-order valence-corrected chi connectivity index (χ3v) is 4.40. The van der Waals surface area contributed by atoms with E-state index < -0.39 is 0 Å². The molecule has 1 atom stereocenters. The zero-order valence-electron chi connectivity index (χ0n) is 10.5. The van der Waals surface area contributed by atoms with Gasteiger partial charge in [-0.3, -0.25) is 4.79 Å². The molecule has 5 heteroatoms. The Balaban J connectivity index is 1.72. The Morgan fingerprint density at radius 3 is 2.85 bits per heavy atom. The Kier molecular flexibility index (Phi) is 3.85. The molecule has 0 saturated carbocycles. The van der Waals surface area contributed by atoms with Crippen molar-refractivity contribution in [3.63, 3.8) is 0 Å². The van der Waals surface area contributed by atoms with E-state index in [4.69, 9.17) is 11.6 Å². The first kappa shape index (κ1) is 13.7. The van der Waals surface area contributed by atoms with Crippen molar-refractivity contribution in [2.24, 2.45) is 0 Å². The van der Waals surface area contributed by atoms with Crippen LogP contribution in [-0.2, 0) is 11.2 Å². The van der Waals surface area contributed by atoms with E-state index in [1.54, 1.807) is 6.07 Å². The minimum atomic E-state index is -0.223. The predicted octanol–water partition coefficient (Wildman–Crippen LogP) is 3.92. The summed E-state index contributed by atoms with van der Waals surface area (Å²) in [6.07, 6.45) is 0.714. The van der Waals surface area contributed by atoms with Crippen LogP contribution in [0, 0.1) is 3.57 Å². The summed E-state index contributed by atoms with van der Waals surface area (Å²) in [7, 11) is 0. The van der Waals surface area contributed by atoms with Crippen LogP contribution in [0.1, 0.15) is 5.56 Å². The van der Waals surface area contributed by atoms with E-state index in [-0.39, 0.29) is 11.9 Å². The van der Waals surface area contributed by atoms with Gasteiger partial charge in [-0.25, -0.2) is 0 Å². The summed E-state index contributed by atoms with van der Waals surface area (Å²) in [6, 6.07) is 13.2. The largest absolute Gasteiger partial charge is 0.373 e. The topological polar surface area (TPSA) is 41.1 Å². The van der Waals surface area contributed by atoms with Crippen LogP contribution in [0.3, 0.4) is 0 Å². The van der Waals surface area contributed by atoms with Gasteiger partial charge in [0.05, 0.1) is 5.69 Å². The summed E-state index contributed by atoms with van der Waals surface area (Å²) in [6.45, 7) is 0. The highest BCUT2D eigenvalue weighted by atomic mass is 127. The van der Waals surface area contributed by atoms with Crippen LogP contribution in [-0.4, -0.2) is 11.9 Å². The van der Waals surface area contributed by atoms with Crippen molar-refractivity contribution >= 4 is 51.5 Å². The van der Waals surface area contributed by atoms with Gasteiger partial charge in [-0.05, 0) is 52.4 Å². The van der Waals surface area contributed by atoms with Crippen LogP contribution in [0.4, 0.5) is 11.4 Å². The molecule has 2 aromatic rings. The molecular weight excluding hydrogens is 387 g/mol. The lowest BCUT2D eigenvalue weighted by Crippen LogP contribution is -2.33. The maximum absolute atomic E-state index is 12.3. The summed E-state index contributed by atoms with van der Waals surface area (Å²) in [4.78, 5) is 12.3. The van der Waals surface area contributed by atoms with Crippen molar-refractivity contribution in [1.82, 2.24) is 0 Å². The summed E-state index contributed by atoms with van der Waals surface area (Å²) < 4.78 is 0.930. The minimum Gasteiger partial charge on any atom is -0.373 e. The molecule has 0 saturated heterocycles. The second-order valence-electron chi connectivity index (χ2n) is 4.67. The molecule has 0 bridgehead atoms. The lowest BCUT2D eigenvalue weighted by atomic mass is 10.1. The van der Waals surface area contributed by atoms with Crippen LogP contribution >= 0.6 is 34.2 Å². The highest BCUT2D eigenvalue weighted by molar-refractivity contribution is 14.1. The SMILES string of the molecule is O=C(Nc1ccc(Cl)cc1I)[C@@H]1Cc2ccccc2N1. The molecular formula is C15H12ClIN2O. The van der Waals surface area contributed by atoms with Crippen molar-refractivity contribution in [1.29, 1.82) is 0 Å². The number of halogens is 2. The number of fused-ring (bicyclic) bond motifs is 1. The molecule has 2 N–H and O–H groups in total. The van der Waals surface area contributed by atoms with Crippen molar-refractivity contribution in [2.45, 2.75) is 12.5 Å². The molecule has 0 fully saturated rings. The van der Waals surface area contributed by atoms with Gasteiger partial charge in [0.25, 0.3) is 0 Å². The highest BCUT2D eigenvalue weighted by Gasteiger charge is 2.26. The molecule has 20 heavy (non-hydrogen) atoms. The van der Waals surface area contributed by atoms with Gasteiger partial charge in [0.2, 0.25) is 5.91 Å². The first-order valence-corrected chi connectivity index (χ1v) is 7.69. The van der Waals surface area contributed by atoms with Gasteiger partial charge in [0.1, 0.15) is 6.04 Å². The van der Waals surface area contributed by atoms with Crippen LogP contribution in [0.25, 0.3) is 0 Å². The second kappa shape index (κ2) is 5.61. The maximum Gasteiger partial charge on any atom is 0.247 e. The smallest absolute Gasteiger partial charge is 0.247 e. The highest BCUT2D eigenvalue weighted by Crippen LogP contribution is 2.27. The Bertz CT molecular complexity index is 650. The molecule has 1 aliphatic heterocycles. The van der Waals surface area contributed by atoms with E-state index in [2.05, 4.69) is 33.2 Å². The summed E-state index contributed by atoms with van der Waals surface area (Å²) >= 11 is 8.07. The standard InChI is InChI=1S/C15H12ClIN2O/c16-10-5-6-13(11(17)8-10)19-15(20)14-7-9-3-1-2-4-12(9)18-14/h1-6,8,14,18H,7H2,(H,19,20)/t14-/m0/s1. The maximum atomic E-state index is 12.3. The van der Waals surface area contributed by atoms with Crippen molar-refractivity contribution in [3.8, 4) is 0 Å². The first-order chi connectivity index (χ1) is 9.63. The Hall–Kier alpha value is -1.27. The monoisotopic (exact) mass is 398 g/mol. The van der Waals surface area contributed by atoms with Gasteiger partial charge in [0.15, 0.2) is 0 Å². The fraction of sp³-hybridized carbons (Fsp3) is 0.133. The summed E-state index contributed by atoms with van der Waals surface area (Å²) in [5.74, 6) is -0.0264. The van der Waals surface area contributed by atoms with E-state index in [1.165, 1.54) is 5.56 Å². The van der Waals surface area contributed by atoms with Crippen LogP contribution < -0.4 is 10.6 Å². The normalized spacial score (nSPS) is 16.4. The Morgan fingerprint density at radius 2 is 2.10 bits per heavy atom. The summed E-state index contributed by atoms with van der Waals surface area (Å²) in [5, 5.41) is 6.86. The molecule has 3 rings (SSSR count). The van der Waals surface area contributed by atoms with Gasteiger partial charge in [-0.1, -0.05) is 29.8 Å². The number of benzene rings is 2. The van der Waals surface area contributed by atoms with E-state index in [0.717, 1.165) is 14.9 Å². The fourth-order valence-electron chi connectivity index (χ4n) is 2.27. The molecule has 102 valence electrons. The molecule has 1 heterocycles. The molecule has 1 amide bonds. The van der Waals surface area contributed by atoms with Gasteiger partial charge < -0.3 is 10.6 Å². The quantitative estimate of drug-likeness (QED) is 0.753. The molecule has 0 radical (unpaired) electrons. The number of carbonyl (C=O) groups excluding carboxylic acids is 1. The third-order valence-electron chi connectivity index (χ3n) is 3.28. The zero-order chi connectivity index (χ0) is 14.1. The van der Waals surface area contributed by atoms with Crippen molar-refractivity contribution in [3.05, 3.63) is 56.6 Å². The number of anilines is 2. The van der Waals surface area contributed by atoms with Crippen LogP contribution in [0.15, 0.2) is 42.5 Å². The molecule has 0 aliphatic carbocycles. The van der Waals surface area contributed by atoms with Gasteiger partial charge >= 0.3 is 0 Å². The molecule has 0 aromatic heterocycles. The number of nitrogens with one attached hydrogen (secondary N) is 2. The van der Waals surface area contributed by atoms with Gasteiger partial charge in [-0.15, -0.1) is 0 Å². The molecule has 0 unspecified atom stereocenters. The number of hydrogen-bond donors (Lipinski definition) is 2. The molecule has 2 aromatic carbocycles. The number of hydrogen-bond acceptors (Lipinski definition) is 2. The summed E-state index contributed by atoms with van der Waals surface area (Å²) in [5.41, 5.74) is 3.01. The number of para-hydroxylation sites is 1. The van der Waals surface area contributed by atoms with Crippen molar-refractivity contribution in [2.75, 3.05) is 10.6 Å². The number of rotatable bonds is 2. The fourth-order valence-corrected chi connectivity index (χ4v) is 3.27. The van der Waals surface area contributed by atoms with Crippen LogP contribution in [0.2, 0.25) is 5.02 Å². The average Bonchev–Trinajstić information content (AvgIpc) is 2.86. The van der Waals surface area contributed by atoms with E-state index >= 15 is 0 Å². The number of amides is 1. The van der Waals surface area contributed by atoms with Gasteiger partial charge in [-0.2, -0.15) is 0 Å². The number of carbonyl (C=O) groups is 1. The van der Waals surface area contributed by atoms with E-state index in [1.807, 2.05) is 36.4 Å². The van der Waals surface area contributed by atoms with Gasteiger partial charge in [0, 0.05) is 20.7 Å². The third kappa shape index (κ3) is 2.76. The first-order valence-electron chi connectivity index (χ1n) is 6.24. The average molecular weight is 399 g/mol. The molecule has 3 nitrogen and oxygen atoms in total. The lowest BCUT2D eigenvalue weighted by Gasteiger charge is -2.13. The molecule has 1 aliphatic rings. The minimum absolute atomic E-state index is 0.0264. The molecule has 0 spiro atoms. The second-order valence-corrected chi connectivity index (χ2v) is 6.27. The lowest BCUT2D eigenvalue weighted by molar-refractivity contribution is -0.116. The van der Waals surface area contributed by atoms with Crippen LogP contribution in [0.5, 0.6) is 0 Å². The predicted molar refractivity (Wildman–Crippen MR) is 90.4 cm³/mol. The Labute approximate surface area is 135 Å². The van der Waals surface area contributed by atoms with E-state index in [0.29, 0.717) is 11.4 Å². The van der Waals surface area contributed by atoms with E-state index in [9.17, 15) is 4.79 Å². The zero-order valence-corrected chi connectivity index (χ0v) is 13.4. The Morgan fingerprint density at radius 1 is 1.30 bits per heavy atom.